The molecule has 1 aromatic rings. The Bertz CT molecular complexity index is 548. The van der Waals surface area contributed by atoms with Crippen LogP contribution in [0.5, 0.6) is 0 Å². The highest BCUT2D eigenvalue weighted by Gasteiger charge is 2.10. The van der Waals surface area contributed by atoms with Crippen molar-refractivity contribution in [2.45, 2.75) is 20.2 Å². The topological polar surface area (TPSA) is 79.5 Å². The Labute approximate surface area is 111 Å². The number of rotatable bonds is 5. The predicted octanol–water partition coefficient (Wildman–Crippen LogP) is -0.0605. The van der Waals surface area contributed by atoms with Crippen LogP contribution in [0.15, 0.2) is 20.3 Å². The molecule has 0 amide bonds. The number of hydrogen-bond donors (Lipinski definition) is 0. The third kappa shape index (κ3) is 3.54. The van der Waals surface area contributed by atoms with E-state index in [2.05, 4.69) is 15.9 Å². The molecular formula is C10H13BrN2O5. The van der Waals surface area contributed by atoms with Crippen molar-refractivity contribution in [3.05, 3.63) is 31.5 Å². The molecule has 0 aliphatic heterocycles. The smallest absolute Gasteiger partial charge is 0.333 e. The molecule has 0 saturated heterocycles. The number of carbonyl (C=O) groups excluding carboxylic acids is 1. The van der Waals surface area contributed by atoms with Crippen molar-refractivity contribution in [3.63, 3.8) is 0 Å². The third-order valence-electron chi connectivity index (χ3n) is 2.12. The maximum atomic E-state index is 11.9. The zero-order chi connectivity index (χ0) is 13.7. The van der Waals surface area contributed by atoms with Crippen LogP contribution in [-0.4, -0.2) is 28.8 Å². The standard InChI is InChI=1S/C10H13BrN2O5/c1-7(14)18-6-12-5-8(11)9(15)13(10(12)16)3-4-17-2/h5H,3-4,6H2,1-2H3. The molecule has 7 nitrogen and oxygen atoms in total. The maximum Gasteiger partial charge on any atom is 0.333 e. The lowest BCUT2D eigenvalue weighted by Gasteiger charge is -2.10. The van der Waals surface area contributed by atoms with Gasteiger partial charge in [0, 0.05) is 20.2 Å². The van der Waals surface area contributed by atoms with E-state index in [1.165, 1.54) is 20.2 Å². The second kappa shape index (κ2) is 6.50. The lowest BCUT2D eigenvalue weighted by molar-refractivity contribution is -0.144. The van der Waals surface area contributed by atoms with Crippen LogP contribution in [0.1, 0.15) is 6.92 Å². The van der Waals surface area contributed by atoms with Gasteiger partial charge in [-0.2, -0.15) is 0 Å². The zero-order valence-corrected chi connectivity index (χ0v) is 11.6. The van der Waals surface area contributed by atoms with E-state index in [9.17, 15) is 14.4 Å². The summed E-state index contributed by atoms with van der Waals surface area (Å²) in [5, 5.41) is 0. The Morgan fingerprint density at radius 3 is 2.67 bits per heavy atom. The predicted molar refractivity (Wildman–Crippen MR) is 66.3 cm³/mol. The summed E-state index contributed by atoms with van der Waals surface area (Å²) in [6, 6.07) is 0. The number of carbonyl (C=O) groups is 1. The van der Waals surface area contributed by atoms with Crippen LogP contribution in [0.3, 0.4) is 0 Å². The second-order valence-corrected chi connectivity index (χ2v) is 4.30. The first-order chi connectivity index (χ1) is 8.47. The molecule has 8 heteroatoms. The molecule has 0 aliphatic rings. The molecule has 1 rings (SSSR count). The molecule has 0 unspecified atom stereocenters. The molecular weight excluding hydrogens is 308 g/mol. The van der Waals surface area contributed by atoms with Gasteiger partial charge in [0.1, 0.15) is 0 Å². The van der Waals surface area contributed by atoms with Gasteiger partial charge in [-0.05, 0) is 15.9 Å². The van der Waals surface area contributed by atoms with Crippen molar-refractivity contribution in [2.75, 3.05) is 13.7 Å². The highest BCUT2D eigenvalue weighted by Crippen LogP contribution is 1.99. The fraction of sp³-hybridized carbons (Fsp3) is 0.500. The molecule has 100 valence electrons. The van der Waals surface area contributed by atoms with Crippen molar-refractivity contribution in [1.82, 2.24) is 9.13 Å². The summed E-state index contributed by atoms with van der Waals surface area (Å²) in [6.45, 7) is 1.37. The van der Waals surface area contributed by atoms with Crippen molar-refractivity contribution < 1.29 is 14.3 Å². The zero-order valence-electron chi connectivity index (χ0n) is 10.0. The minimum atomic E-state index is -0.554. The first-order valence-electron chi connectivity index (χ1n) is 5.09. The van der Waals surface area contributed by atoms with E-state index in [-0.39, 0.29) is 24.4 Å². The summed E-state index contributed by atoms with van der Waals surface area (Å²) in [7, 11) is 1.47. The Morgan fingerprint density at radius 1 is 1.44 bits per heavy atom. The van der Waals surface area contributed by atoms with Gasteiger partial charge in [-0.3, -0.25) is 18.7 Å². The van der Waals surface area contributed by atoms with Gasteiger partial charge in [-0.25, -0.2) is 4.79 Å². The Morgan fingerprint density at radius 2 is 2.11 bits per heavy atom. The first-order valence-corrected chi connectivity index (χ1v) is 5.88. The second-order valence-electron chi connectivity index (χ2n) is 3.44. The van der Waals surface area contributed by atoms with Gasteiger partial charge < -0.3 is 9.47 Å². The molecule has 1 heterocycles. The van der Waals surface area contributed by atoms with Gasteiger partial charge in [-0.15, -0.1) is 0 Å². The molecule has 0 atom stereocenters. The minimum Gasteiger partial charge on any atom is -0.444 e. The van der Waals surface area contributed by atoms with E-state index in [0.29, 0.717) is 0 Å². The Balaban J connectivity index is 3.13. The quantitative estimate of drug-likeness (QED) is 0.710. The van der Waals surface area contributed by atoms with Crippen LogP contribution in [0.4, 0.5) is 0 Å². The van der Waals surface area contributed by atoms with Gasteiger partial charge in [0.05, 0.1) is 17.6 Å². The summed E-state index contributed by atoms with van der Waals surface area (Å²) in [5.41, 5.74) is -1.00. The van der Waals surface area contributed by atoms with Crippen LogP contribution in [0.25, 0.3) is 0 Å². The summed E-state index contributed by atoms with van der Waals surface area (Å²) in [5.74, 6) is -0.507. The van der Waals surface area contributed by atoms with E-state index in [1.54, 1.807) is 0 Å². The Hall–Kier alpha value is -1.41. The van der Waals surface area contributed by atoms with Crippen molar-refractivity contribution in [3.8, 4) is 0 Å². The first kappa shape index (κ1) is 14.7. The van der Waals surface area contributed by atoms with E-state index < -0.39 is 17.2 Å². The Kier molecular flexibility index (Phi) is 5.29. The van der Waals surface area contributed by atoms with E-state index in [0.717, 1.165) is 9.13 Å². The number of aromatic nitrogens is 2. The number of nitrogens with zero attached hydrogens (tertiary/aromatic N) is 2. The number of hydrogen-bond acceptors (Lipinski definition) is 5. The van der Waals surface area contributed by atoms with Crippen LogP contribution in [-0.2, 0) is 27.5 Å². The van der Waals surface area contributed by atoms with Gasteiger partial charge >= 0.3 is 11.7 Å². The van der Waals surface area contributed by atoms with Crippen LogP contribution in [0.2, 0.25) is 0 Å². The number of ether oxygens (including phenoxy) is 2. The summed E-state index contributed by atoms with van der Waals surface area (Å²) >= 11 is 3.06. The number of esters is 1. The largest absolute Gasteiger partial charge is 0.444 e. The van der Waals surface area contributed by atoms with Crippen molar-refractivity contribution in [2.24, 2.45) is 0 Å². The van der Waals surface area contributed by atoms with Crippen LogP contribution in [0, 0.1) is 0 Å². The highest BCUT2D eigenvalue weighted by atomic mass is 79.9. The third-order valence-corrected chi connectivity index (χ3v) is 2.67. The molecule has 0 aromatic carbocycles. The SMILES string of the molecule is COCCn1c(=O)c(Br)cn(COC(C)=O)c1=O. The van der Waals surface area contributed by atoms with E-state index in [4.69, 9.17) is 9.47 Å². The molecule has 18 heavy (non-hydrogen) atoms. The summed E-state index contributed by atoms with van der Waals surface area (Å²) in [6.07, 6.45) is 1.29. The van der Waals surface area contributed by atoms with Gasteiger partial charge in [0.15, 0.2) is 6.73 Å². The average Bonchev–Trinajstić information content (AvgIpc) is 2.32. The van der Waals surface area contributed by atoms with Crippen molar-refractivity contribution >= 4 is 21.9 Å². The average molecular weight is 321 g/mol. The fourth-order valence-electron chi connectivity index (χ4n) is 1.25. The fourth-order valence-corrected chi connectivity index (χ4v) is 1.71. The molecule has 0 spiro atoms. The number of halogens is 1. The minimum absolute atomic E-state index is 0.133. The molecule has 0 saturated carbocycles. The van der Waals surface area contributed by atoms with Crippen molar-refractivity contribution in [1.29, 1.82) is 0 Å². The molecule has 0 bridgehead atoms. The molecule has 0 fully saturated rings. The van der Waals surface area contributed by atoms with Gasteiger partial charge in [0.2, 0.25) is 0 Å². The van der Waals surface area contributed by atoms with E-state index >= 15 is 0 Å². The normalized spacial score (nSPS) is 10.4. The summed E-state index contributed by atoms with van der Waals surface area (Å²) in [4.78, 5) is 34.3. The van der Waals surface area contributed by atoms with Crippen LogP contribution >= 0.6 is 15.9 Å². The number of methoxy groups -OCH3 is 1. The molecule has 0 aliphatic carbocycles. The van der Waals surface area contributed by atoms with Gasteiger partial charge in [-0.1, -0.05) is 0 Å². The monoisotopic (exact) mass is 320 g/mol. The lowest BCUT2D eigenvalue weighted by atomic mass is 10.5. The van der Waals surface area contributed by atoms with Crippen LogP contribution < -0.4 is 11.2 Å². The lowest BCUT2D eigenvalue weighted by Crippen LogP contribution is -2.41. The molecule has 0 N–H and O–H groups in total. The van der Waals surface area contributed by atoms with E-state index in [1.807, 2.05) is 0 Å². The molecule has 1 aromatic heterocycles. The van der Waals surface area contributed by atoms with Gasteiger partial charge in [0.25, 0.3) is 5.56 Å². The maximum absolute atomic E-state index is 11.9. The molecule has 0 radical (unpaired) electrons. The highest BCUT2D eigenvalue weighted by molar-refractivity contribution is 9.10. The summed E-state index contributed by atoms with van der Waals surface area (Å²) < 4.78 is 11.9.